The fourth-order valence-corrected chi connectivity index (χ4v) is 2.07. The Bertz CT molecular complexity index is 382. The Morgan fingerprint density at radius 2 is 0.850 bits per heavy atom. The van der Waals surface area contributed by atoms with Crippen LogP contribution in [0, 0.1) is 0 Å². The largest absolute Gasteiger partial charge is 0.364 e. The maximum Gasteiger partial charge on any atom is 0.0373 e. The van der Waals surface area contributed by atoms with Crippen molar-refractivity contribution in [3.8, 4) is 0 Å². The molecule has 0 radical (unpaired) electrons. The Labute approximate surface area is 123 Å². The van der Waals surface area contributed by atoms with Crippen LogP contribution in [0.2, 0.25) is 0 Å². The highest BCUT2D eigenvalue weighted by Crippen LogP contribution is 2.21. The molecule has 0 unspecified atom stereocenters. The third-order valence-corrected chi connectivity index (χ3v) is 2.98. The van der Waals surface area contributed by atoms with Crippen LogP contribution in [0.25, 0.3) is 0 Å². The molecular formula is C18H24N2. The summed E-state index contributed by atoms with van der Waals surface area (Å²) >= 11 is 0. The predicted molar refractivity (Wildman–Crippen MR) is 91.7 cm³/mol. The molecule has 2 heteroatoms. The van der Waals surface area contributed by atoms with Gasteiger partial charge in [0, 0.05) is 37.6 Å². The van der Waals surface area contributed by atoms with Gasteiger partial charge in [0.25, 0.3) is 0 Å². The van der Waals surface area contributed by atoms with Crippen molar-refractivity contribution in [3.05, 3.63) is 74.9 Å². The van der Waals surface area contributed by atoms with Gasteiger partial charge in [0.2, 0.25) is 0 Å². The third-order valence-electron chi connectivity index (χ3n) is 2.98. The van der Waals surface area contributed by atoms with Gasteiger partial charge in [0.1, 0.15) is 0 Å². The summed E-state index contributed by atoms with van der Waals surface area (Å²) in [4.78, 5) is 4.43. The highest BCUT2D eigenvalue weighted by molar-refractivity contribution is 5.57. The average Bonchev–Trinajstić information content (AvgIpc) is 2.47. The van der Waals surface area contributed by atoms with E-state index in [9.17, 15) is 0 Å². The molecule has 0 aliphatic heterocycles. The van der Waals surface area contributed by atoms with Crippen LogP contribution in [0.4, 0.5) is 11.4 Å². The van der Waals surface area contributed by atoms with Crippen LogP contribution in [0.1, 0.15) is 0 Å². The Morgan fingerprint density at radius 1 is 0.600 bits per heavy atom. The number of hydrogen-bond acceptors (Lipinski definition) is 2. The topological polar surface area (TPSA) is 6.48 Å². The predicted octanol–water partition coefficient (Wildman–Crippen LogP) is 4.04. The number of rotatable bonds is 10. The molecule has 0 amide bonds. The Kier molecular flexibility index (Phi) is 6.97. The summed E-state index contributed by atoms with van der Waals surface area (Å²) in [6.07, 6.45) is 7.61. The van der Waals surface area contributed by atoms with Crippen molar-refractivity contribution in [3.63, 3.8) is 0 Å². The molecule has 0 saturated heterocycles. The lowest BCUT2D eigenvalue weighted by Crippen LogP contribution is -2.24. The molecule has 1 aromatic carbocycles. The molecule has 0 heterocycles. The van der Waals surface area contributed by atoms with Crippen molar-refractivity contribution in [2.24, 2.45) is 0 Å². The lowest BCUT2D eigenvalue weighted by molar-refractivity contribution is 0.944. The second kappa shape index (κ2) is 8.81. The summed E-state index contributed by atoms with van der Waals surface area (Å²) < 4.78 is 0. The van der Waals surface area contributed by atoms with Gasteiger partial charge < -0.3 is 9.80 Å². The molecule has 0 aromatic heterocycles. The molecule has 20 heavy (non-hydrogen) atoms. The SMILES string of the molecule is C=CCN(CC=C)c1ccc(N(CC=C)CC=C)cc1. The molecule has 0 aliphatic carbocycles. The molecule has 0 saturated carbocycles. The van der Waals surface area contributed by atoms with E-state index in [1.165, 1.54) is 11.4 Å². The standard InChI is InChI=1S/C18H24N2/c1-5-13-19(14-6-2)17-9-11-18(12-10-17)20(15-7-3)16-8-4/h5-12H,1-4,13-16H2. The van der Waals surface area contributed by atoms with E-state index in [1.54, 1.807) is 0 Å². The first kappa shape index (κ1) is 15.8. The maximum absolute atomic E-state index is 3.80. The number of hydrogen-bond donors (Lipinski definition) is 0. The van der Waals surface area contributed by atoms with E-state index < -0.39 is 0 Å². The molecule has 0 N–H and O–H groups in total. The second-order valence-corrected chi connectivity index (χ2v) is 4.48. The van der Waals surface area contributed by atoms with Crippen molar-refractivity contribution in [1.82, 2.24) is 0 Å². The lowest BCUT2D eigenvalue weighted by atomic mass is 10.2. The first-order valence-electron chi connectivity index (χ1n) is 6.80. The van der Waals surface area contributed by atoms with Gasteiger partial charge in [-0.2, -0.15) is 0 Å². The lowest BCUT2D eigenvalue weighted by Gasteiger charge is -2.25. The Balaban J connectivity index is 2.89. The van der Waals surface area contributed by atoms with Crippen molar-refractivity contribution in [2.75, 3.05) is 36.0 Å². The van der Waals surface area contributed by atoms with Crippen LogP contribution < -0.4 is 9.80 Å². The maximum atomic E-state index is 3.80. The molecular weight excluding hydrogens is 244 g/mol. The van der Waals surface area contributed by atoms with Gasteiger partial charge in [-0.05, 0) is 24.3 Å². The van der Waals surface area contributed by atoms with Crippen LogP contribution >= 0.6 is 0 Å². The molecule has 0 spiro atoms. The Hall–Kier alpha value is -2.22. The molecule has 0 fully saturated rings. The van der Waals surface area contributed by atoms with Crippen molar-refractivity contribution >= 4 is 11.4 Å². The average molecular weight is 268 g/mol. The quantitative estimate of drug-likeness (QED) is 0.591. The zero-order chi connectivity index (χ0) is 14.8. The van der Waals surface area contributed by atoms with E-state index in [0.717, 1.165) is 26.2 Å². The monoisotopic (exact) mass is 268 g/mol. The summed E-state index contributed by atoms with van der Waals surface area (Å²) in [7, 11) is 0. The second-order valence-electron chi connectivity index (χ2n) is 4.48. The van der Waals surface area contributed by atoms with Crippen molar-refractivity contribution < 1.29 is 0 Å². The van der Waals surface area contributed by atoms with Crippen LogP contribution in [0.5, 0.6) is 0 Å². The zero-order valence-electron chi connectivity index (χ0n) is 12.2. The number of benzene rings is 1. The molecule has 0 aliphatic rings. The minimum Gasteiger partial charge on any atom is -0.364 e. The van der Waals surface area contributed by atoms with E-state index in [2.05, 4.69) is 60.4 Å². The zero-order valence-corrected chi connectivity index (χ0v) is 12.2. The number of nitrogens with zero attached hydrogens (tertiary/aromatic N) is 2. The van der Waals surface area contributed by atoms with Crippen LogP contribution in [0.3, 0.4) is 0 Å². The van der Waals surface area contributed by atoms with Gasteiger partial charge in [-0.3, -0.25) is 0 Å². The fourth-order valence-electron chi connectivity index (χ4n) is 2.07. The van der Waals surface area contributed by atoms with Gasteiger partial charge >= 0.3 is 0 Å². The minimum absolute atomic E-state index is 0.814. The summed E-state index contributed by atoms with van der Waals surface area (Å²) in [6.45, 7) is 18.4. The van der Waals surface area contributed by atoms with E-state index >= 15 is 0 Å². The smallest absolute Gasteiger partial charge is 0.0373 e. The van der Waals surface area contributed by atoms with Gasteiger partial charge in [-0.1, -0.05) is 24.3 Å². The van der Waals surface area contributed by atoms with Gasteiger partial charge in [0.15, 0.2) is 0 Å². The fraction of sp³-hybridized carbons (Fsp3) is 0.222. The van der Waals surface area contributed by atoms with E-state index in [-0.39, 0.29) is 0 Å². The molecule has 2 nitrogen and oxygen atoms in total. The van der Waals surface area contributed by atoms with Crippen LogP contribution in [-0.4, -0.2) is 26.2 Å². The van der Waals surface area contributed by atoms with Gasteiger partial charge in [-0.15, -0.1) is 26.3 Å². The van der Waals surface area contributed by atoms with Crippen LogP contribution in [0.15, 0.2) is 74.9 Å². The highest BCUT2D eigenvalue weighted by atomic mass is 15.1. The molecule has 106 valence electrons. The first-order valence-corrected chi connectivity index (χ1v) is 6.80. The van der Waals surface area contributed by atoms with E-state index in [0.29, 0.717) is 0 Å². The normalized spacial score (nSPS) is 9.60. The molecule has 1 aromatic rings. The summed E-state index contributed by atoms with van der Waals surface area (Å²) in [5.41, 5.74) is 2.34. The molecule has 0 atom stereocenters. The van der Waals surface area contributed by atoms with Crippen LogP contribution in [-0.2, 0) is 0 Å². The summed E-state index contributed by atoms with van der Waals surface area (Å²) in [6, 6.07) is 8.51. The summed E-state index contributed by atoms with van der Waals surface area (Å²) in [5, 5.41) is 0. The first-order chi connectivity index (χ1) is 9.76. The van der Waals surface area contributed by atoms with Crippen molar-refractivity contribution in [2.45, 2.75) is 0 Å². The van der Waals surface area contributed by atoms with E-state index in [1.807, 2.05) is 24.3 Å². The Morgan fingerprint density at radius 3 is 1.05 bits per heavy atom. The van der Waals surface area contributed by atoms with Gasteiger partial charge in [0.05, 0.1) is 0 Å². The third kappa shape index (κ3) is 4.47. The highest BCUT2D eigenvalue weighted by Gasteiger charge is 2.06. The molecule has 1 rings (SSSR count). The van der Waals surface area contributed by atoms with Crippen molar-refractivity contribution in [1.29, 1.82) is 0 Å². The molecule has 0 bridgehead atoms. The minimum atomic E-state index is 0.814. The van der Waals surface area contributed by atoms with E-state index in [4.69, 9.17) is 0 Å². The number of anilines is 2. The summed E-state index contributed by atoms with van der Waals surface area (Å²) in [5.74, 6) is 0. The van der Waals surface area contributed by atoms with Gasteiger partial charge in [-0.25, -0.2) is 0 Å².